The van der Waals surface area contributed by atoms with Crippen molar-refractivity contribution in [3.63, 3.8) is 0 Å². The van der Waals surface area contributed by atoms with Crippen LogP contribution < -0.4 is 5.32 Å². The monoisotopic (exact) mass is 240 g/mol. The summed E-state index contributed by atoms with van der Waals surface area (Å²) in [5.74, 6) is 0.354. The van der Waals surface area contributed by atoms with E-state index in [0.29, 0.717) is 30.0 Å². The molecule has 1 aromatic heterocycles. The van der Waals surface area contributed by atoms with Crippen molar-refractivity contribution in [3.05, 3.63) is 17.0 Å². The van der Waals surface area contributed by atoms with Crippen molar-refractivity contribution in [2.75, 3.05) is 13.2 Å². The third-order valence-corrected chi connectivity index (χ3v) is 2.78. The molecule has 1 rings (SSSR count). The number of nitrogens with zero attached hydrogens (tertiary/aromatic N) is 1. The molecule has 0 aliphatic heterocycles. The normalized spacial score (nSPS) is 11.6. The number of rotatable bonds is 5. The summed E-state index contributed by atoms with van der Waals surface area (Å²) in [6.07, 6.45) is 0.648. The quantitative estimate of drug-likeness (QED) is 0.816. The topological polar surface area (TPSA) is 75.4 Å². The first-order chi connectivity index (χ1) is 7.87. The number of carbonyl (C=O) groups is 1. The van der Waals surface area contributed by atoms with Gasteiger partial charge in [0.25, 0.3) is 5.91 Å². The van der Waals surface area contributed by atoms with Gasteiger partial charge in [-0.3, -0.25) is 4.79 Å². The molecule has 2 N–H and O–H groups in total. The van der Waals surface area contributed by atoms with E-state index < -0.39 is 0 Å². The maximum Gasteiger partial charge on any atom is 0.256 e. The fourth-order valence-corrected chi connectivity index (χ4v) is 1.61. The molecule has 0 radical (unpaired) electrons. The molecule has 0 atom stereocenters. The van der Waals surface area contributed by atoms with E-state index in [9.17, 15) is 4.79 Å². The SMILES string of the molecule is Cc1noc(C)c1C(=O)NCC(C)(C)CCO. The highest BCUT2D eigenvalue weighted by molar-refractivity contribution is 5.96. The largest absolute Gasteiger partial charge is 0.396 e. The molecule has 0 saturated heterocycles. The van der Waals surface area contributed by atoms with Gasteiger partial charge in [-0.2, -0.15) is 0 Å². The molecule has 5 nitrogen and oxygen atoms in total. The number of aryl methyl sites for hydroxylation is 2. The predicted molar refractivity (Wildman–Crippen MR) is 63.8 cm³/mol. The number of nitrogens with one attached hydrogen (secondary N) is 1. The molecule has 5 heteroatoms. The summed E-state index contributed by atoms with van der Waals surface area (Å²) < 4.78 is 4.95. The molecule has 0 unspecified atom stereocenters. The zero-order valence-corrected chi connectivity index (χ0v) is 10.8. The van der Waals surface area contributed by atoms with E-state index in [4.69, 9.17) is 9.63 Å². The Hall–Kier alpha value is -1.36. The van der Waals surface area contributed by atoms with Gasteiger partial charge in [0.2, 0.25) is 0 Å². The first kappa shape index (κ1) is 13.7. The Balaban J connectivity index is 2.62. The Bertz CT molecular complexity index is 377. The number of hydrogen-bond donors (Lipinski definition) is 2. The summed E-state index contributed by atoms with van der Waals surface area (Å²) in [4.78, 5) is 11.9. The lowest BCUT2D eigenvalue weighted by atomic mass is 9.89. The second-order valence-corrected chi connectivity index (χ2v) is 5.02. The van der Waals surface area contributed by atoms with Crippen molar-refractivity contribution in [2.45, 2.75) is 34.1 Å². The minimum absolute atomic E-state index is 0.119. The summed E-state index contributed by atoms with van der Waals surface area (Å²) in [7, 11) is 0. The highest BCUT2D eigenvalue weighted by atomic mass is 16.5. The molecule has 0 aliphatic rings. The van der Waals surface area contributed by atoms with Crippen LogP contribution in [-0.2, 0) is 0 Å². The summed E-state index contributed by atoms with van der Waals surface area (Å²) in [6, 6.07) is 0. The van der Waals surface area contributed by atoms with Crippen LogP contribution in [0.25, 0.3) is 0 Å². The van der Waals surface area contributed by atoms with E-state index in [1.54, 1.807) is 13.8 Å². The van der Waals surface area contributed by atoms with Gasteiger partial charge >= 0.3 is 0 Å². The standard InChI is InChI=1S/C12H20N2O3/c1-8-10(9(2)17-14-8)11(16)13-7-12(3,4)5-6-15/h15H,5-7H2,1-4H3,(H,13,16). The molecule has 0 aliphatic carbocycles. The van der Waals surface area contributed by atoms with Gasteiger partial charge in [-0.1, -0.05) is 19.0 Å². The number of carbonyl (C=O) groups excluding carboxylic acids is 1. The number of aliphatic hydroxyl groups is 1. The lowest BCUT2D eigenvalue weighted by molar-refractivity contribution is 0.0926. The van der Waals surface area contributed by atoms with Gasteiger partial charge in [0.15, 0.2) is 0 Å². The van der Waals surface area contributed by atoms with Gasteiger partial charge in [0, 0.05) is 13.2 Å². The molecule has 1 amide bonds. The first-order valence-corrected chi connectivity index (χ1v) is 5.69. The smallest absolute Gasteiger partial charge is 0.256 e. The highest BCUT2D eigenvalue weighted by Gasteiger charge is 2.21. The van der Waals surface area contributed by atoms with Crippen LogP contribution in [0.1, 0.15) is 42.1 Å². The number of hydrogen-bond acceptors (Lipinski definition) is 4. The fraction of sp³-hybridized carbons (Fsp3) is 0.667. The summed E-state index contributed by atoms with van der Waals surface area (Å²) >= 11 is 0. The first-order valence-electron chi connectivity index (χ1n) is 5.69. The summed E-state index contributed by atoms with van der Waals surface area (Å²) in [5.41, 5.74) is 0.980. The molecule has 1 aromatic rings. The average Bonchev–Trinajstić information content (AvgIpc) is 2.55. The van der Waals surface area contributed by atoms with Crippen LogP contribution in [-0.4, -0.2) is 29.3 Å². The Morgan fingerprint density at radius 1 is 1.47 bits per heavy atom. The lowest BCUT2D eigenvalue weighted by Crippen LogP contribution is -2.34. The highest BCUT2D eigenvalue weighted by Crippen LogP contribution is 2.19. The van der Waals surface area contributed by atoms with Gasteiger partial charge in [-0.25, -0.2) is 0 Å². The van der Waals surface area contributed by atoms with Gasteiger partial charge in [-0.05, 0) is 25.7 Å². The van der Waals surface area contributed by atoms with E-state index in [2.05, 4.69) is 10.5 Å². The van der Waals surface area contributed by atoms with E-state index in [1.165, 1.54) is 0 Å². The van der Waals surface area contributed by atoms with E-state index in [0.717, 1.165) is 0 Å². The molecule has 96 valence electrons. The van der Waals surface area contributed by atoms with Crippen LogP contribution in [0, 0.1) is 19.3 Å². The molecule has 0 fully saturated rings. The van der Waals surface area contributed by atoms with Crippen LogP contribution in [0.5, 0.6) is 0 Å². The molecular formula is C12H20N2O3. The van der Waals surface area contributed by atoms with Gasteiger partial charge < -0.3 is 14.9 Å². The second-order valence-electron chi connectivity index (χ2n) is 5.02. The van der Waals surface area contributed by atoms with Gasteiger partial charge in [-0.15, -0.1) is 0 Å². The predicted octanol–water partition coefficient (Wildman–Crippen LogP) is 1.43. The van der Waals surface area contributed by atoms with Crippen molar-refractivity contribution < 1.29 is 14.4 Å². The van der Waals surface area contributed by atoms with Gasteiger partial charge in [0.05, 0.1) is 5.69 Å². The third kappa shape index (κ3) is 3.56. The van der Waals surface area contributed by atoms with Crippen molar-refractivity contribution in [3.8, 4) is 0 Å². The van der Waals surface area contributed by atoms with Crippen LogP contribution in [0.2, 0.25) is 0 Å². The van der Waals surface area contributed by atoms with Crippen molar-refractivity contribution in [2.24, 2.45) is 5.41 Å². The Morgan fingerprint density at radius 2 is 2.12 bits per heavy atom. The molecule has 17 heavy (non-hydrogen) atoms. The molecular weight excluding hydrogens is 220 g/mol. The van der Waals surface area contributed by atoms with Crippen LogP contribution in [0.15, 0.2) is 4.52 Å². The third-order valence-electron chi connectivity index (χ3n) is 2.78. The minimum atomic E-state index is -0.174. The Morgan fingerprint density at radius 3 is 2.59 bits per heavy atom. The van der Waals surface area contributed by atoms with Crippen LogP contribution in [0.4, 0.5) is 0 Å². The summed E-state index contributed by atoms with van der Waals surface area (Å²) in [6.45, 7) is 8.08. The Kier molecular flexibility index (Phi) is 4.28. The van der Waals surface area contributed by atoms with Gasteiger partial charge in [0.1, 0.15) is 11.3 Å². The zero-order chi connectivity index (χ0) is 13.1. The number of aliphatic hydroxyl groups excluding tert-OH is 1. The lowest BCUT2D eigenvalue weighted by Gasteiger charge is -2.23. The molecule has 0 bridgehead atoms. The average molecular weight is 240 g/mol. The maximum atomic E-state index is 11.9. The number of aromatic nitrogens is 1. The van der Waals surface area contributed by atoms with Crippen molar-refractivity contribution >= 4 is 5.91 Å². The number of amides is 1. The summed E-state index contributed by atoms with van der Waals surface area (Å²) in [5, 5.41) is 15.5. The van der Waals surface area contributed by atoms with Crippen LogP contribution in [0.3, 0.4) is 0 Å². The molecule has 0 aromatic carbocycles. The molecule has 0 saturated carbocycles. The molecule has 0 spiro atoms. The Labute approximate surface area is 101 Å². The maximum absolute atomic E-state index is 11.9. The molecule has 1 heterocycles. The van der Waals surface area contributed by atoms with Crippen molar-refractivity contribution in [1.82, 2.24) is 10.5 Å². The van der Waals surface area contributed by atoms with Crippen molar-refractivity contribution in [1.29, 1.82) is 0 Å². The van der Waals surface area contributed by atoms with E-state index >= 15 is 0 Å². The zero-order valence-electron chi connectivity index (χ0n) is 10.8. The van der Waals surface area contributed by atoms with Crippen LogP contribution >= 0.6 is 0 Å². The van der Waals surface area contributed by atoms with E-state index in [1.807, 2.05) is 13.8 Å². The minimum Gasteiger partial charge on any atom is -0.396 e. The second kappa shape index (κ2) is 5.31. The van der Waals surface area contributed by atoms with E-state index in [-0.39, 0.29) is 17.9 Å². The fourth-order valence-electron chi connectivity index (χ4n) is 1.61.